The Hall–Kier alpha value is -0.530. The van der Waals surface area contributed by atoms with Gasteiger partial charge in [-0.15, -0.1) is 0 Å². The van der Waals surface area contributed by atoms with Crippen LogP contribution in [0.5, 0.6) is 0 Å². The highest BCUT2D eigenvalue weighted by atomic mass is 16.5. The second-order valence-corrected chi connectivity index (χ2v) is 3.76. The van der Waals surface area contributed by atoms with Crippen molar-refractivity contribution in [1.29, 1.82) is 0 Å². The molecule has 12 heavy (non-hydrogen) atoms. The molecule has 0 saturated carbocycles. The lowest BCUT2D eigenvalue weighted by Crippen LogP contribution is -2.22. The molecule has 2 heteroatoms. The van der Waals surface area contributed by atoms with Gasteiger partial charge in [0.05, 0.1) is 6.10 Å². The smallest absolute Gasteiger partial charge is 0.293 e. The Morgan fingerprint density at radius 2 is 1.92 bits per heavy atom. The molecule has 0 amide bonds. The molecule has 0 aliphatic carbocycles. The number of carbonyl (C=O) groups excluding carboxylic acids is 1. The molecule has 0 aliphatic rings. The van der Waals surface area contributed by atoms with E-state index in [-0.39, 0.29) is 6.10 Å². The second-order valence-electron chi connectivity index (χ2n) is 3.76. The van der Waals surface area contributed by atoms with Crippen LogP contribution in [0.2, 0.25) is 0 Å². The summed E-state index contributed by atoms with van der Waals surface area (Å²) in [6.45, 7) is 9.07. The molecule has 2 nitrogen and oxygen atoms in total. The van der Waals surface area contributed by atoms with Gasteiger partial charge in [-0.05, 0) is 18.8 Å². The lowest BCUT2D eigenvalue weighted by molar-refractivity contribution is -0.134. The molecular weight excluding hydrogens is 152 g/mol. The molecule has 0 radical (unpaired) electrons. The van der Waals surface area contributed by atoms with Crippen LogP contribution in [0.25, 0.3) is 0 Å². The van der Waals surface area contributed by atoms with Crippen LogP contribution in [0.3, 0.4) is 0 Å². The largest absolute Gasteiger partial charge is 0.465 e. The molecule has 72 valence electrons. The van der Waals surface area contributed by atoms with Gasteiger partial charge in [0, 0.05) is 0 Å². The summed E-state index contributed by atoms with van der Waals surface area (Å²) in [7, 11) is 0. The van der Waals surface area contributed by atoms with Crippen molar-refractivity contribution in [3.8, 4) is 0 Å². The summed E-state index contributed by atoms with van der Waals surface area (Å²) in [5, 5.41) is 0. The fourth-order valence-electron chi connectivity index (χ4n) is 1.38. The minimum absolute atomic E-state index is 0.0485. The molecule has 0 spiro atoms. The van der Waals surface area contributed by atoms with Crippen molar-refractivity contribution in [3.63, 3.8) is 0 Å². The van der Waals surface area contributed by atoms with Crippen molar-refractivity contribution in [2.45, 2.75) is 53.1 Å². The molecule has 1 unspecified atom stereocenters. The molecule has 0 aliphatic heterocycles. The van der Waals surface area contributed by atoms with E-state index in [2.05, 4.69) is 20.8 Å². The summed E-state index contributed by atoms with van der Waals surface area (Å²) in [5.74, 6) is 0. The second kappa shape index (κ2) is 5.18. The van der Waals surface area contributed by atoms with E-state index in [0.29, 0.717) is 11.9 Å². The molecule has 0 aromatic rings. The van der Waals surface area contributed by atoms with E-state index >= 15 is 0 Å². The van der Waals surface area contributed by atoms with Crippen LogP contribution in [0, 0.1) is 5.41 Å². The maximum Gasteiger partial charge on any atom is 0.293 e. The van der Waals surface area contributed by atoms with Crippen LogP contribution >= 0.6 is 0 Å². The number of hydrogen-bond acceptors (Lipinski definition) is 2. The Morgan fingerprint density at radius 3 is 2.25 bits per heavy atom. The summed E-state index contributed by atoms with van der Waals surface area (Å²) in [6.07, 6.45) is 3.28. The first kappa shape index (κ1) is 11.5. The third-order valence-corrected chi connectivity index (χ3v) is 2.78. The number of ether oxygens (including phenoxy) is 1. The lowest BCUT2D eigenvalue weighted by atomic mass is 9.80. The molecule has 0 N–H and O–H groups in total. The molecule has 0 heterocycles. The maximum atomic E-state index is 10.1. The van der Waals surface area contributed by atoms with Gasteiger partial charge in [-0.1, -0.05) is 33.6 Å². The number of hydrogen-bond donors (Lipinski definition) is 0. The van der Waals surface area contributed by atoms with Crippen LogP contribution in [-0.4, -0.2) is 12.6 Å². The summed E-state index contributed by atoms with van der Waals surface area (Å²) in [4.78, 5) is 10.1. The van der Waals surface area contributed by atoms with Crippen molar-refractivity contribution in [3.05, 3.63) is 0 Å². The Balaban J connectivity index is 3.92. The molecule has 1 atom stereocenters. The van der Waals surface area contributed by atoms with Crippen molar-refractivity contribution in [2.24, 2.45) is 5.41 Å². The third-order valence-electron chi connectivity index (χ3n) is 2.78. The molecule has 0 aromatic carbocycles. The predicted octanol–water partition coefficient (Wildman–Crippen LogP) is 2.76. The van der Waals surface area contributed by atoms with Crippen LogP contribution in [0.1, 0.15) is 47.0 Å². The zero-order valence-corrected chi connectivity index (χ0v) is 8.59. The monoisotopic (exact) mass is 172 g/mol. The maximum absolute atomic E-state index is 10.1. The Kier molecular flexibility index (Phi) is 4.95. The highest BCUT2D eigenvalue weighted by Crippen LogP contribution is 2.31. The van der Waals surface area contributed by atoms with Gasteiger partial charge in [0.25, 0.3) is 6.47 Å². The van der Waals surface area contributed by atoms with Crippen molar-refractivity contribution < 1.29 is 9.53 Å². The minimum Gasteiger partial charge on any atom is -0.465 e. The summed E-state index contributed by atoms with van der Waals surface area (Å²) in [6, 6.07) is 0. The average Bonchev–Trinajstić information content (AvgIpc) is 2.05. The van der Waals surface area contributed by atoms with Crippen molar-refractivity contribution in [2.75, 3.05) is 0 Å². The van der Waals surface area contributed by atoms with Crippen LogP contribution in [-0.2, 0) is 9.53 Å². The van der Waals surface area contributed by atoms with E-state index < -0.39 is 0 Å². The normalized spacial score (nSPS) is 14.0. The van der Waals surface area contributed by atoms with Gasteiger partial charge in [-0.3, -0.25) is 4.79 Å². The van der Waals surface area contributed by atoms with Crippen molar-refractivity contribution >= 4 is 6.47 Å². The molecule has 0 aromatic heterocycles. The van der Waals surface area contributed by atoms with Crippen LogP contribution in [0.15, 0.2) is 0 Å². The van der Waals surface area contributed by atoms with Gasteiger partial charge >= 0.3 is 0 Å². The predicted molar refractivity (Wildman–Crippen MR) is 49.9 cm³/mol. The summed E-state index contributed by atoms with van der Waals surface area (Å²) in [5.41, 5.74) is 0.322. The first-order valence-electron chi connectivity index (χ1n) is 4.67. The fourth-order valence-corrected chi connectivity index (χ4v) is 1.38. The summed E-state index contributed by atoms with van der Waals surface area (Å²) >= 11 is 0. The first-order chi connectivity index (χ1) is 5.58. The fraction of sp³-hybridized carbons (Fsp3) is 0.900. The van der Waals surface area contributed by atoms with Crippen LogP contribution in [0.4, 0.5) is 0 Å². The topological polar surface area (TPSA) is 26.3 Å². The van der Waals surface area contributed by atoms with E-state index in [4.69, 9.17) is 4.74 Å². The van der Waals surface area contributed by atoms with Crippen LogP contribution < -0.4 is 0 Å². The SMILES string of the molecule is CCC(C)(CC)CC(C)OC=O. The minimum atomic E-state index is 0.0485. The van der Waals surface area contributed by atoms with Gasteiger partial charge in [0.2, 0.25) is 0 Å². The van der Waals surface area contributed by atoms with Gasteiger partial charge in [0.1, 0.15) is 0 Å². The number of rotatable bonds is 6. The first-order valence-corrected chi connectivity index (χ1v) is 4.67. The van der Waals surface area contributed by atoms with Gasteiger partial charge in [0.15, 0.2) is 0 Å². The Morgan fingerprint density at radius 1 is 1.42 bits per heavy atom. The lowest BCUT2D eigenvalue weighted by Gasteiger charge is -2.28. The third kappa shape index (κ3) is 3.74. The highest BCUT2D eigenvalue weighted by molar-refractivity contribution is 5.37. The molecule has 0 saturated heterocycles. The van der Waals surface area contributed by atoms with Gasteiger partial charge in [-0.2, -0.15) is 0 Å². The highest BCUT2D eigenvalue weighted by Gasteiger charge is 2.22. The standard InChI is InChI=1S/C10H20O2/c1-5-10(4,6-2)7-9(3)12-8-11/h8-9H,5-7H2,1-4H3. The van der Waals surface area contributed by atoms with Gasteiger partial charge in [-0.25, -0.2) is 0 Å². The molecule has 0 fully saturated rings. The zero-order chi connectivity index (χ0) is 9.61. The quantitative estimate of drug-likeness (QED) is 0.576. The molecule has 0 rings (SSSR count). The Labute approximate surface area is 75.3 Å². The zero-order valence-electron chi connectivity index (χ0n) is 8.59. The summed E-state index contributed by atoms with van der Waals surface area (Å²) < 4.78 is 4.86. The molecular formula is C10H20O2. The van der Waals surface area contributed by atoms with E-state index in [1.54, 1.807) is 0 Å². The number of carbonyl (C=O) groups is 1. The van der Waals surface area contributed by atoms with Crippen molar-refractivity contribution in [1.82, 2.24) is 0 Å². The van der Waals surface area contributed by atoms with E-state index in [1.165, 1.54) is 0 Å². The Bertz CT molecular complexity index is 128. The van der Waals surface area contributed by atoms with E-state index in [1.807, 2.05) is 6.92 Å². The van der Waals surface area contributed by atoms with E-state index in [0.717, 1.165) is 19.3 Å². The molecule has 0 bridgehead atoms. The van der Waals surface area contributed by atoms with Gasteiger partial charge < -0.3 is 4.74 Å². The average molecular weight is 172 g/mol. The van der Waals surface area contributed by atoms with E-state index in [9.17, 15) is 4.79 Å².